The Labute approximate surface area is 107 Å². The van der Waals surface area contributed by atoms with Crippen molar-refractivity contribution in [3.05, 3.63) is 29.3 Å². The van der Waals surface area contributed by atoms with Crippen molar-refractivity contribution in [3.63, 3.8) is 0 Å². The Kier molecular flexibility index (Phi) is 3.91. The number of aryl methyl sites for hydroxylation is 1. The maximum atomic E-state index is 3.59. The lowest BCUT2D eigenvalue weighted by Crippen LogP contribution is -2.33. The number of alkyl halides is 1. The van der Waals surface area contributed by atoms with Gasteiger partial charge in [-0.25, -0.2) is 0 Å². The largest absolute Gasteiger partial charge is 0.371 e. The fourth-order valence-electron chi connectivity index (χ4n) is 2.38. The number of piperidine rings is 1. The second-order valence-corrected chi connectivity index (χ2v) is 5.50. The van der Waals surface area contributed by atoms with Crippen molar-refractivity contribution in [1.29, 1.82) is 0 Å². The molecule has 1 aliphatic heterocycles. The van der Waals surface area contributed by atoms with Crippen LogP contribution < -0.4 is 4.90 Å². The van der Waals surface area contributed by atoms with E-state index in [2.05, 4.69) is 52.9 Å². The Bertz CT molecular complexity index is 354. The minimum atomic E-state index is 0.897. The molecule has 1 aromatic rings. The minimum Gasteiger partial charge on any atom is -0.371 e. The van der Waals surface area contributed by atoms with Gasteiger partial charge in [0.15, 0.2) is 0 Å². The molecule has 0 aliphatic carbocycles. The summed E-state index contributed by atoms with van der Waals surface area (Å²) in [4.78, 5) is 2.54. The molecular formula is C14H20BrN. The monoisotopic (exact) mass is 281 g/mol. The van der Waals surface area contributed by atoms with Crippen LogP contribution in [0.2, 0.25) is 0 Å². The molecule has 0 aromatic heterocycles. The lowest BCUT2D eigenvalue weighted by atomic mass is 9.98. The zero-order valence-corrected chi connectivity index (χ0v) is 11.8. The highest BCUT2D eigenvalue weighted by Gasteiger charge is 2.17. The molecule has 0 saturated carbocycles. The van der Waals surface area contributed by atoms with Crippen molar-refractivity contribution in [2.45, 2.75) is 32.0 Å². The Morgan fingerprint density at radius 2 is 2.00 bits per heavy atom. The van der Waals surface area contributed by atoms with Crippen molar-refractivity contribution in [2.75, 3.05) is 18.0 Å². The van der Waals surface area contributed by atoms with E-state index in [1.807, 2.05) is 0 Å². The van der Waals surface area contributed by atoms with E-state index in [0.717, 1.165) is 11.2 Å². The summed E-state index contributed by atoms with van der Waals surface area (Å²) in [5, 5.41) is 0.954. The molecule has 0 amide bonds. The highest BCUT2D eigenvalue weighted by Crippen LogP contribution is 2.28. The third kappa shape index (κ3) is 2.60. The zero-order chi connectivity index (χ0) is 11.5. The fraction of sp³-hybridized carbons (Fsp3) is 0.571. The number of halogens is 1. The van der Waals surface area contributed by atoms with E-state index in [1.165, 1.54) is 42.7 Å². The van der Waals surface area contributed by atoms with Crippen molar-refractivity contribution >= 4 is 21.6 Å². The van der Waals surface area contributed by atoms with Crippen LogP contribution in [-0.4, -0.2) is 13.1 Å². The number of anilines is 1. The van der Waals surface area contributed by atoms with Crippen molar-refractivity contribution in [1.82, 2.24) is 0 Å². The van der Waals surface area contributed by atoms with Crippen LogP contribution in [0, 0.1) is 12.8 Å². The summed E-state index contributed by atoms with van der Waals surface area (Å²) in [5.41, 5.74) is 4.20. The molecule has 0 atom stereocenters. The minimum absolute atomic E-state index is 0.897. The molecule has 88 valence electrons. The summed E-state index contributed by atoms with van der Waals surface area (Å²) in [5.74, 6) is 0.897. The van der Waals surface area contributed by atoms with Gasteiger partial charge in [-0.15, -0.1) is 0 Å². The van der Waals surface area contributed by atoms with E-state index in [9.17, 15) is 0 Å². The van der Waals surface area contributed by atoms with E-state index in [0.29, 0.717) is 0 Å². The highest BCUT2D eigenvalue weighted by atomic mass is 79.9. The van der Waals surface area contributed by atoms with E-state index in [4.69, 9.17) is 0 Å². The molecule has 1 saturated heterocycles. The molecule has 0 unspecified atom stereocenters. The molecule has 1 fully saturated rings. The molecule has 2 rings (SSSR count). The zero-order valence-electron chi connectivity index (χ0n) is 10.2. The normalized spacial score (nSPS) is 17.8. The third-order valence-corrected chi connectivity index (χ3v) is 4.11. The van der Waals surface area contributed by atoms with Crippen LogP contribution in [0.25, 0.3) is 0 Å². The molecule has 1 aromatic carbocycles. The maximum absolute atomic E-state index is 3.59. The summed E-state index contributed by atoms with van der Waals surface area (Å²) in [6.07, 6.45) is 2.66. The van der Waals surface area contributed by atoms with Gasteiger partial charge in [0, 0.05) is 24.1 Å². The number of benzene rings is 1. The van der Waals surface area contributed by atoms with Crippen molar-refractivity contribution in [3.8, 4) is 0 Å². The molecule has 1 nitrogen and oxygen atoms in total. The predicted molar refractivity (Wildman–Crippen MR) is 74.4 cm³/mol. The number of nitrogens with zero attached hydrogens (tertiary/aromatic N) is 1. The molecule has 1 aliphatic rings. The van der Waals surface area contributed by atoms with Gasteiger partial charge in [0.2, 0.25) is 0 Å². The Hall–Kier alpha value is -0.500. The molecule has 16 heavy (non-hydrogen) atoms. The Morgan fingerprint density at radius 3 is 2.62 bits per heavy atom. The van der Waals surface area contributed by atoms with Gasteiger partial charge >= 0.3 is 0 Å². The third-order valence-electron chi connectivity index (χ3n) is 3.50. The average Bonchev–Trinajstić information content (AvgIpc) is 2.30. The van der Waals surface area contributed by atoms with Gasteiger partial charge in [0.1, 0.15) is 0 Å². The van der Waals surface area contributed by atoms with Gasteiger partial charge < -0.3 is 4.90 Å². The van der Waals surface area contributed by atoms with Crippen LogP contribution in [0.3, 0.4) is 0 Å². The number of hydrogen-bond acceptors (Lipinski definition) is 1. The van der Waals surface area contributed by atoms with Crippen LogP contribution in [0.1, 0.15) is 30.9 Å². The quantitative estimate of drug-likeness (QED) is 0.737. The Morgan fingerprint density at radius 1 is 1.31 bits per heavy atom. The highest BCUT2D eigenvalue weighted by molar-refractivity contribution is 9.08. The summed E-state index contributed by atoms with van der Waals surface area (Å²) in [7, 11) is 0. The smallest absolute Gasteiger partial charge is 0.0407 e. The second kappa shape index (κ2) is 5.22. The molecule has 0 bridgehead atoms. The van der Waals surface area contributed by atoms with E-state index >= 15 is 0 Å². The van der Waals surface area contributed by atoms with Crippen LogP contribution in [0.15, 0.2) is 18.2 Å². The lowest BCUT2D eigenvalue weighted by Gasteiger charge is -2.33. The molecule has 0 radical (unpaired) electrons. The van der Waals surface area contributed by atoms with Gasteiger partial charge in [-0.1, -0.05) is 40.5 Å². The van der Waals surface area contributed by atoms with Crippen LogP contribution in [0.5, 0.6) is 0 Å². The summed E-state index contributed by atoms with van der Waals surface area (Å²) < 4.78 is 0. The van der Waals surface area contributed by atoms with Crippen LogP contribution in [-0.2, 0) is 5.33 Å². The van der Waals surface area contributed by atoms with Crippen LogP contribution in [0.4, 0.5) is 5.69 Å². The molecule has 0 spiro atoms. The summed E-state index contributed by atoms with van der Waals surface area (Å²) in [6.45, 7) is 6.94. The summed E-state index contributed by atoms with van der Waals surface area (Å²) in [6, 6.07) is 6.80. The number of hydrogen-bond donors (Lipinski definition) is 0. The fourth-order valence-corrected chi connectivity index (χ4v) is 2.83. The van der Waals surface area contributed by atoms with Gasteiger partial charge in [-0.2, -0.15) is 0 Å². The molecule has 0 N–H and O–H groups in total. The second-order valence-electron chi connectivity index (χ2n) is 4.94. The van der Waals surface area contributed by atoms with Crippen LogP contribution >= 0.6 is 15.9 Å². The first-order valence-corrected chi connectivity index (χ1v) is 7.23. The van der Waals surface area contributed by atoms with Crippen molar-refractivity contribution in [2.24, 2.45) is 5.92 Å². The Balaban J connectivity index is 2.19. The van der Waals surface area contributed by atoms with Gasteiger partial charge in [-0.3, -0.25) is 0 Å². The molecule has 2 heteroatoms. The van der Waals surface area contributed by atoms with E-state index < -0.39 is 0 Å². The van der Waals surface area contributed by atoms with E-state index in [1.54, 1.807) is 0 Å². The number of rotatable bonds is 2. The maximum Gasteiger partial charge on any atom is 0.0407 e. The van der Waals surface area contributed by atoms with Gasteiger partial charge in [-0.05, 0) is 37.3 Å². The average molecular weight is 282 g/mol. The topological polar surface area (TPSA) is 3.24 Å². The van der Waals surface area contributed by atoms with E-state index in [-0.39, 0.29) is 0 Å². The van der Waals surface area contributed by atoms with Gasteiger partial charge in [0.05, 0.1) is 0 Å². The molecular weight excluding hydrogens is 262 g/mol. The lowest BCUT2D eigenvalue weighted by molar-refractivity contribution is 0.438. The first kappa shape index (κ1) is 12.0. The first-order chi connectivity index (χ1) is 7.70. The first-order valence-electron chi connectivity index (χ1n) is 6.11. The summed E-state index contributed by atoms with van der Waals surface area (Å²) >= 11 is 3.59. The predicted octanol–water partition coefficient (Wildman–Crippen LogP) is 4.13. The SMILES string of the molecule is Cc1ccc(N2CCC(C)CC2)c(CBr)c1. The molecule has 1 heterocycles. The standard InChI is InChI=1S/C14H20BrN/c1-11-5-7-16(8-6-11)14-4-3-12(2)9-13(14)10-15/h3-4,9,11H,5-8,10H2,1-2H3. The van der Waals surface area contributed by atoms with Gasteiger partial charge in [0.25, 0.3) is 0 Å². The van der Waals surface area contributed by atoms with Crippen molar-refractivity contribution < 1.29 is 0 Å².